The molecule has 0 aliphatic carbocycles. The monoisotopic (exact) mass is 458 g/mol. The molecule has 31 heavy (non-hydrogen) atoms. The highest BCUT2D eigenvalue weighted by Crippen LogP contribution is 2.44. The predicted molar refractivity (Wildman–Crippen MR) is 126 cm³/mol. The Balaban J connectivity index is 1.70. The van der Waals surface area contributed by atoms with Crippen molar-refractivity contribution in [1.82, 2.24) is 10.2 Å². The van der Waals surface area contributed by atoms with Crippen LogP contribution in [0.4, 0.5) is 0 Å². The van der Waals surface area contributed by atoms with Crippen LogP contribution in [0.1, 0.15) is 22.0 Å². The first-order valence-electron chi connectivity index (χ1n) is 10.3. The van der Waals surface area contributed by atoms with Gasteiger partial charge in [0.15, 0.2) is 11.5 Å². The number of piperazine rings is 1. The average molecular weight is 459 g/mol. The molecule has 164 valence electrons. The van der Waals surface area contributed by atoms with E-state index in [1.807, 2.05) is 36.4 Å². The first-order chi connectivity index (χ1) is 15.2. The number of hydrogen-bond donors (Lipinski definition) is 1. The van der Waals surface area contributed by atoms with Crippen molar-refractivity contribution in [2.45, 2.75) is 12.6 Å². The fraction of sp³-hybridized carbons (Fsp3) is 0.333. The van der Waals surface area contributed by atoms with Gasteiger partial charge in [-0.1, -0.05) is 41.9 Å². The summed E-state index contributed by atoms with van der Waals surface area (Å²) in [4.78, 5) is 3.67. The Morgan fingerprint density at radius 3 is 2.26 bits per heavy atom. The zero-order valence-electron chi connectivity index (χ0n) is 17.8. The molecule has 0 radical (unpaired) electrons. The van der Waals surface area contributed by atoms with Gasteiger partial charge >= 0.3 is 0 Å². The highest BCUT2D eigenvalue weighted by Gasteiger charge is 2.28. The molecular weight excluding hydrogens is 432 g/mol. The van der Waals surface area contributed by atoms with Crippen LogP contribution >= 0.6 is 22.9 Å². The molecule has 2 heterocycles. The second-order valence-corrected chi connectivity index (χ2v) is 9.11. The van der Waals surface area contributed by atoms with Crippen molar-refractivity contribution in [1.29, 1.82) is 0 Å². The van der Waals surface area contributed by atoms with E-state index in [9.17, 15) is 0 Å². The third-order valence-corrected chi connectivity index (χ3v) is 6.69. The van der Waals surface area contributed by atoms with Gasteiger partial charge in [-0.25, -0.2) is 0 Å². The number of thiophene rings is 1. The molecule has 0 saturated carbocycles. The standard InChI is InChI=1S/C24H27ClN2O3S/c1-28-19-14-18(15-20(29-2)24(19)30-16-17-6-4-3-5-7-17)23(21-8-9-22(25)31-21)27-12-10-26-11-13-27/h3-9,14-15,23,26H,10-13,16H2,1-2H3. The van der Waals surface area contributed by atoms with Gasteiger partial charge in [0, 0.05) is 31.1 Å². The molecule has 1 aliphatic heterocycles. The lowest BCUT2D eigenvalue weighted by atomic mass is 10.0. The number of methoxy groups -OCH3 is 2. The summed E-state index contributed by atoms with van der Waals surface area (Å²) in [5.41, 5.74) is 2.18. The third-order valence-electron chi connectivity index (χ3n) is 5.40. The molecule has 1 atom stereocenters. The summed E-state index contributed by atoms with van der Waals surface area (Å²) in [5, 5.41) is 3.43. The van der Waals surface area contributed by atoms with E-state index in [2.05, 4.69) is 28.4 Å². The molecular formula is C24H27ClN2O3S. The second-order valence-electron chi connectivity index (χ2n) is 7.36. The summed E-state index contributed by atoms with van der Waals surface area (Å²) in [7, 11) is 3.32. The Labute approximate surface area is 192 Å². The molecule has 2 aromatic carbocycles. The van der Waals surface area contributed by atoms with Crippen molar-refractivity contribution in [3.63, 3.8) is 0 Å². The summed E-state index contributed by atoms with van der Waals surface area (Å²) in [6.07, 6.45) is 0. The van der Waals surface area contributed by atoms with Crippen molar-refractivity contribution in [3.8, 4) is 17.2 Å². The lowest BCUT2D eigenvalue weighted by molar-refractivity contribution is 0.199. The van der Waals surface area contributed by atoms with Crippen LogP contribution in [0.15, 0.2) is 54.6 Å². The van der Waals surface area contributed by atoms with Crippen LogP contribution in [0, 0.1) is 0 Å². The maximum atomic E-state index is 6.29. The average Bonchev–Trinajstić information content (AvgIpc) is 3.24. The summed E-state index contributed by atoms with van der Waals surface area (Å²) in [5.74, 6) is 1.93. The number of nitrogens with one attached hydrogen (secondary N) is 1. The predicted octanol–water partition coefficient (Wildman–Crippen LogP) is 4.99. The number of nitrogens with zero attached hydrogens (tertiary/aromatic N) is 1. The van der Waals surface area contributed by atoms with Crippen LogP contribution < -0.4 is 19.5 Å². The Bertz CT molecular complexity index is 964. The van der Waals surface area contributed by atoms with Gasteiger partial charge in [-0.3, -0.25) is 4.90 Å². The number of ether oxygens (including phenoxy) is 3. The van der Waals surface area contributed by atoms with Gasteiger partial charge in [-0.05, 0) is 35.4 Å². The van der Waals surface area contributed by atoms with E-state index in [1.165, 1.54) is 4.88 Å². The Morgan fingerprint density at radius 2 is 1.68 bits per heavy atom. The SMILES string of the molecule is COc1cc(C(c2ccc(Cl)s2)N2CCNCC2)cc(OC)c1OCc1ccccc1. The quantitative estimate of drug-likeness (QED) is 0.515. The number of rotatable bonds is 8. The lowest BCUT2D eigenvalue weighted by Crippen LogP contribution is -2.45. The van der Waals surface area contributed by atoms with Crippen molar-refractivity contribution < 1.29 is 14.2 Å². The highest BCUT2D eigenvalue weighted by atomic mass is 35.5. The summed E-state index contributed by atoms with van der Waals surface area (Å²) >= 11 is 7.90. The third kappa shape index (κ3) is 5.15. The summed E-state index contributed by atoms with van der Waals surface area (Å²) < 4.78 is 18.4. The summed E-state index contributed by atoms with van der Waals surface area (Å²) in [6, 6.07) is 18.3. The van der Waals surface area contributed by atoms with Gasteiger partial charge in [0.05, 0.1) is 24.6 Å². The van der Waals surface area contributed by atoms with Gasteiger partial charge in [-0.15, -0.1) is 11.3 Å². The van der Waals surface area contributed by atoms with Crippen molar-refractivity contribution >= 4 is 22.9 Å². The first kappa shape index (κ1) is 22.0. The Kier molecular flexibility index (Phi) is 7.35. The maximum Gasteiger partial charge on any atom is 0.203 e. The van der Waals surface area contributed by atoms with Crippen LogP contribution in [0.25, 0.3) is 0 Å². The van der Waals surface area contributed by atoms with Gasteiger partial charge in [0.2, 0.25) is 5.75 Å². The second kappa shape index (κ2) is 10.4. The van der Waals surface area contributed by atoms with Gasteiger partial charge in [0.25, 0.3) is 0 Å². The van der Waals surface area contributed by atoms with Crippen LogP contribution in [0.3, 0.4) is 0 Å². The smallest absolute Gasteiger partial charge is 0.203 e. The molecule has 1 N–H and O–H groups in total. The van der Waals surface area contributed by atoms with Gasteiger partial charge in [0.1, 0.15) is 6.61 Å². The van der Waals surface area contributed by atoms with Gasteiger partial charge < -0.3 is 19.5 Å². The largest absolute Gasteiger partial charge is 0.493 e. The lowest BCUT2D eigenvalue weighted by Gasteiger charge is -2.35. The zero-order chi connectivity index (χ0) is 21.6. The molecule has 1 saturated heterocycles. The molecule has 0 spiro atoms. The maximum absolute atomic E-state index is 6.29. The normalized spacial score (nSPS) is 15.5. The minimum absolute atomic E-state index is 0.0746. The van der Waals surface area contributed by atoms with Crippen molar-refractivity contribution in [2.75, 3.05) is 40.4 Å². The molecule has 0 amide bonds. The van der Waals surface area contributed by atoms with Crippen molar-refractivity contribution in [3.05, 3.63) is 74.9 Å². The van der Waals surface area contributed by atoms with Crippen LogP contribution in [-0.4, -0.2) is 45.3 Å². The number of halogens is 1. The highest BCUT2D eigenvalue weighted by molar-refractivity contribution is 7.16. The van der Waals surface area contributed by atoms with E-state index < -0.39 is 0 Å². The molecule has 4 rings (SSSR count). The fourth-order valence-electron chi connectivity index (χ4n) is 3.90. The van der Waals surface area contributed by atoms with E-state index >= 15 is 0 Å². The van der Waals surface area contributed by atoms with Crippen LogP contribution in [0.5, 0.6) is 17.2 Å². The molecule has 3 aromatic rings. The molecule has 1 aliphatic rings. The molecule has 0 bridgehead atoms. The molecule has 1 aromatic heterocycles. The van der Waals surface area contributed by atoms with Crippen LogP contribution in [-0.2, 0) is 6.61 Å². The zero-order valence-corrected chi connectivity index (χ0v) is 19.3. The van der Waals surface area contributed by atoms with E-state index in [0.29, 0.717) is 23.9 Å². The fourth-order valence-corrected chi connectivity index (χ4v) is 5.13. The number of benzene rings is 2. The van der Waals surface area contributed by atoms with Gasteiger partial charge in [-0.2, -0.15) is 0 Å². The number of hydrogen-bond acceptors (Lipinski definition) is 6. The Hall–Kier alpha value is -2.25. The molecule has 7 heteroatoms. The van der Waals surface area contributed by atoms with Crippen molar-refractivity contribution in [2.24, 2.45) is 0 Å². The van der Waals surface area contributed by atoms with E-state index in [4.69, 9.17) is 25.8 Å². The van der Waals surface area contributed by atoms with Crippen LogP contribution in [0.2, 0.25) is 4.34 Å². The first-order valence-corrected chi connectivity index (χ1v) is 11.5. The minimum Gasteiger partial charge on any atom is -0.493 e. The minimum atomic E-state index is 0.0746. The molecule has 1 unspecified atom stereocenters. The van der Waals surface area contributed by atoms with E-state index in [-0.39, 0.29) is 6.04 Å². The van der Waals surface area contributed by atoms with E-state index in [1.54, 1.807) is 25.6 Å². The summed E-state index contributed by atoms with van der Waals surface area (Å²) in [6.45, 7) is 4.27. The van der Waals surface area contributed by atoms with E-state index in [0.717, 1.165) is 41.6 Å². The Morgan fingerprint density at radius 1 is 1.00 bits per heavy atom. The molecule has 5 nitrogen and oxygen atoms in total. The molecule has 1 fully saturated rings. The topological polar surface area (TPSA) is 43.0 Å².